The normalized spacial score (nSPS) is 12.5. The van der Waals surface area contributed by atoms with Crippen molar-refractivity contribution in [1.29, 1.82) is 0 Å². The van der Waals surface area contributed by atoms with Gasteiger partial charge in [0.25, 0.3) is 0 Å². The zero-order valence-electron chi connectivity index (χ0n) is 10.3. The minimum Gasteiger partial charge on any atom is -0.463 e. The molecule has 1 unspecified atom stereocenters. The van der Waals surface area contributed by atoms with E-state index in [1.807, 2.05) is 0 Å². The summed E-state index contributed by atoms with van der Waals surface area (Å²) in [6.07, 6.45) is 6.67. The van der Waals surface area contributed by atoms with Crippen LogP contribution in [0.3, 0.4) is 0 Å². The van der Waals surface area contributed by atoms with Gasteiger partial charge in [0.05, 0.1) is 0 Å². The van der Waals surface area contributed by atoms with Crippen LogP contribution >= 0.6 is 0 Å². The molecule has 0 aromatic heterocycles. The summed E-state index contributed by atoms with van der Waals surface area (Å²) in [6, 6.07) is 0. The average Bonchev–Trinajstić information content (AvgIpc) is 2.20. The highest BCUT2D eigenvalue weighted by molar-refractivity contribution is 5.66. The molecule has 0 fully saturated rings. The second-order valence-corrected chi connectivity index (χ2v) is 3.84. The summed E-state index contributed by atoms with van der Waals surface area (Å²) in [6.45, 7) is 4.38. The molecule has 0 aliphatic heterocycles. The molecule has 0 saturated carbocycles. The Bertz CT molecular complexity index is 157. The van der Waals surface area contributed by atoms with Crippen LogP contribution in [0.4, 0.5) is 0 Å². The molecule has 3 nitrogen and oxygen atoms in total. The third-order valence-corrected chi connectivity index (χ3v) is 2.41. The van der Waals surface area contributed by atoms with Gasteiger partial charge in [-0.25, -0.2) is 0 Å². The molecule has 0 heterocycles. The first-order valence-electron chi connectivity index (χ1n) is 5.86. The molecule has 0 N–H and O–H groups in total. The predicted octanol–water partition coefficient (Wildman–Crippen LogP) is 2.93. The number of carbonyl (C=O) groups excluding carboxylic acids is 1. The third kappa shape index (κ3) is 9.73. The van der Waals surface area contributed by atoms with E-state index in [-0.39, 0.29) is 12.1 Å². The number of ether oxygens (including phenoxy) is 2. The molecule has 0 amide bonds. The molecule has 3 heteroatoms. The van der Waals surface area contributed by atoms with Gasteiger partial charge < -0.3 is 9.47 Å². The van der Waals surface area contributed by atoms with E-state index >= 15 is 0 Å². The minimum atomic E-state index is -0.166. The van der Waals surface area contributed by atoms with Crippen molar-refractivity contribution in [2.24, 2.45) is 0 Å². The van der Waals surface area contributed by atoms with Gasteiger partial charge in [-0.15, -0.1) is 0 Å². The topological polar surface area (TPSA) is 35.5 Å². The summed E-state index contributed by atoms with van der Waals surface area (Å²) in [5, 5.41) is 0. The number of hydrogen-bond donors (Lipinski definition) is 0. The first-order chi connectivity index (χ1) is 7.20. The molecule has 0 aromatic rings. The van der Waals surface area contributed by atoms with Crippen molar-refractivity contribution < 1.29 is 14.3 Å². The van der Waals surface area contributed by atoms with E-state index in [2.05, 4.69) is 6.92 Å². The Balaban J connectivity index is 3.34. The molecule has 0 rings (SSSR count). The van der Waals surface area contributed by atoms with E-state index in [0.717, 1.165) is 32.3 Å². The van der Waals surface area contributed by atoms with Crippen LogP contribution in [0.2, 0.25) is 0 Å². The fourth-order valence-electron chi connectivity index (χ4n) is 1.55. The van der Waals surface area contributed by atoms with E-state index in [1.165, 1.54) is 19.8 Å². The van der Waals surface area contributed by atoms with Crippen molar-refractivity contribution in [2.45, 2.75) is 58.5 Å². The smallest absolute Gasteiger partial charge is 0.302 e. The molecular weight excluding hydrogens is 192 g/mol. The maximum absolute atomic E-state index is 10.7. The summed E-state index contributed by atoms with van der Waals surface area (Å²) in [5.41, 5.74) is 0. The van der Waals surface area contributed by atoms with Crippen LogP contribution < -0.4 is 0 Å². The van der Waals surface area contributed by atoms with Gasteiger partial charge in [0.15, 0.2) is 0 Å². The highest BCUT2D eigenvalue weighted by Gasteiger charge is 2.08. The fourth-order valence-corrected chi connectivity index (χ4v) is 1.55. The molecule has 90 valence electrons. The van der Waals surface area contributed by atoms with E-state index in [1.54, 1.807) is 7.11 Å². The Morgan fingerprint density at radius 1 is 1.20 bits per heavy atom. The van der Waals surface area contributed by atoms with Crippen molar-refractivity contribution in [2.75, 3.05) is 13.7 Å². The Morgan fingerprint density at radius 2 is 1.87 bits per heavy atom. The summed E-state index contributed by atoms with van der Waals surface area (Å²) in [7, 11) is 1.73. The molecule has 0 aromatic carbocycles. The van der Waals surface area contributed by atoms with Crippen LogP contribution in [-0.2, 0) is 14.3 Å². The molecular formula is C12H24O3. The standard InChI is InChI=1S/C12H24O3/c1-4-12(15-11(2)13)9-7-5-6-8-10-14-3/h12H,4-10H2,1-3H3. The zero-order chi connectivity index (χ0) is 11.5. The second kappa shape index (κ2) is 9.97. The summed E-state index contributed by atoms with van der Waals surface area (Å²) in [5.74, 6) is -0.166. The lowest BCUT2D eigenvalue weighted by Crippen LogP contribution is -2.14. The summed E-state index contributed by atoms with van der Waals surface area (Å²) in [4.78, 5) is 10.7. The molecule has 0 saturated heterocycles. The molecule has 15 heavy (non-hydrogen) atoms. The first-order valence-corrected chi connectivity index (χ1v) is 5.86. The quantitative estimate of drug-likeness (QED) is 0.439. The molecule has 0 bridgehead atoms. The van der Waals surface area contributed by atoms with Gasteiger partial charge in [0, 0.05) is 20.6 Å². The summed E-state index contributed by atoms with van der Waals surface area (Å²) >= 11 is 0. The molecule has 0 radical (unpaired) electrons. The number of esters is 1. The number of hydrogen-bond acceptors (Lipinski definition) is 3. The van der Waals surface area contributed by atoms with Crippen LogP contribution in [0.5, 0.6) is 0 Å². The number of unbranched alkanes of at least 4 members (excludes halogenated alkanes) is 3. The van der Waals surface area contributed by atoms with Gasteiger partial charge in [-0.05, 0) is 25.7 Å². The Morgan fingerprint density at radius 3 is 2.40 bits per heavy atom. The van der Waals surface area contributed by atoms with Crippen molar-refractivity contribution in [3.8, 4) is 0 Å². The van der Waals surface area contributed by atoms with Gasteiger partial charge in [-0.3, -0.25) is 4.79 Å². The molecule has 0 aliphatic carbocycles. The monoisotopic (exact) mass is 216 g/mol. The SMILES string of the molecule is CCC(CCCCCCOC)OC(C)=O. The van der Waals surface area contributed by atoms with Gasteiger partial charge in [0.1, 0.15) is 6.10 Å². The minimum absolute atomic E-state index is 0.116. The van der Waals surface area contributed by atoms with Crippen molar-refractivity contribution >= 4 is 5.97 Å². The zero-order valence-corrected chi connectivity index (χ0v) is 10.3. The lowest BCUT2D eigenvalue weighted by molar-refractivity contribution is -0.146. The molecule has 0 aliphatic rings. The lowest BCUT2D eigenvalue weighted by Gasteiger charge is -2.14. The van der Waals surface area contributed by atoms with Gasteiger partial charge in [0.2, 0.25) is 0 Å². The molecule has 0 spiro atoms. The van der Waals surface area contributed by atoms with Crippen LogP contribution in [0.25, 0.3) is 0 Å². The Kier molecular flexibility index (Phi) is 9.59. The highest BCUT2D eigenvalue weighted by Crippen LogP contribution is 2.11. The van der Waals surface area contributed by atoms with E-state index < -0.39 is 0 Å². The van der Waals surface area contributed by atoms with Crippen molar-refractivity contribution in [1.82, 2.24) is 0 Å². The maximum Gasteiger partial charge on any atom is 0.302 e. The van der Waals surface area contributed by atoms with Crippen molar-refractivity contribution in [3.05, 3.63) is 0 Å². The maximum atomic E-state index is 10.7. The van der Waals surface area contributed by atoms with E-state index in [4.69, 9.17) is 9.47 Å². The highest BCUT2D eigenvalue weighted by atomic mass is 16.5. The van der Waals surface area contributed by atoms with Crippen LogP contribution in [0, 0.1) is 0 Å². The largest absolute Gasteiger partial charge is 0.463 e. The number of carbonyl (C=O) groups is 1. The Labute approximate surface area is 93.1 Å². The third-order valence-electron chi connectivity index (χ3n) is 2.41. The van der Waals surface area contributed by atoms with Crippen molar-refractivity contribution in [3.63, 3.8) is 0 Å². The van der Waals surface area contributed by atoms with E-state index in [0.29, 0.717) is 0 Å². The van der Waals surface area contributed by atoms with Crippen LogP contribution in [0.1, 0.15) is 52.4 Å². The molecule has 1 atom stereocenters. The van der Waals surface area contributed by atoms with E-state index in [9.17, 15) is 4.79 Å². The number of methoxy groups -OCH3 is 1. The van der Waals surface area contributed by atoms with Gasteiger partial charge in [-0.2, -0.15) is 0 Å². The predicted molar refractivity (Wildman–Crippen MR) is 60.8 cm³/mol. The first kappa shape index (κ1) is 14.4. The fraction of sp³-hybridized carbons (Fsp3) is 0.917. The van der Waals surface area contributed by atoms with Crippen LogP contribution in [0.15, 0.2) is 0 Å². The second-order valence-electron chi connectivity index (χ2n) is 3.84. The number of rotatable bonds is 9. The summed E-state index contributed by atoms with van der Waals surface area (Å²) < 4.78 is 10.1. The van der Waals surface area contributed by atoms with Crippen LogP contribution in [-0.4, -0.2) is 25.8 Å². The Hall–Kier alpha value is -0.570. The van der Waals surface area contributed by atoms with Gasteiger partial charge in [-0.1, -0.05) is 19.8 Å². The van der Waals surface area contributed by atoms with Gasteiger partial charge >= 0.3 is 5.97 Å². The lowest BCUT2D eigenvalue weighted by atomic mass is 10.1. The average molecular weight is 216 g/mol.